The van der Waals surface area contributed by atoms with Crippen LogP contribution >= 0.6 is 11.9 Å². The minimum atomic E-state index is -1.63. The standard InChI is InChI=1S/C32H34F2N3O5S2.2Na/c1-19(2)30-32(43-36-24-11-13-27(14-12-24)44(35)42)29(20-3-7-22(33)8-4-20)31(21-5-9-23(34)10-6-21)37(30)16-15-25(38)17-26(39)18-28(40)41;;/h3-14,19,25-26,38-39H,15-18,35H2,1-2H3,(H,40,41);;/q-1;2*+1/p-1. The Morgan fingerprint density at radius 1 is 0.935 bits per heavy atom. The van der Waals surface area contributed by atoms with Gasteiger partial charge in [-0.2, -0.15) is 0 Å². The third-order valence-corrected chi connectivity index (χ3v) is 8.63. The van der Waals surface area contributed by atoms with Gasteiger partial charge in [-0.25, -0.2) is 30.1 Å². The summed E-state index contributed by atoms with van der Waals surface area (Å²) in [6.07, 6.45) is -2.84. The molecular formula is C32H33F2N3Na2O5S2. The summed E-state index contributed by atoms with van der Waals surface area (Å²) in [5.41, 5.74) is 4.27. The summed E-state index contributed by atoms with van der Waals surface area (Å²) >= 11 is 1.21. The summed E-state index contributed by atoms with van der Waals surface area (Å²) in [5.74, 6) is -2.29. The molecule has 4 rings (SSSR count). The second-order valence-electron chi connectivity index (χ2n) is 10.6. The minimum absolute atomic E-state index is 0. The van der Waals surface area contributed by atoms with Crippen LogP contribution in [-0.2, 0) is 22.3 Å². The molecule has 0 amide bonds. The molecule has 0 aliphatic carbocycles. The van der Waals surface area contributed by atoms with Crippen LogP contribution in [0.4, 0.5) is 14.5 Å². The van der Waals surface area contributed by atoms with E-state index in [2.05, 4.69) is 0 Å². The van der Waals surface area contributed by atoms with Gasteiger partial charge in [0, 0.05) is 35.1 Å². The molecule has 234 valence electrons. The van der Waals surface area contributed by atoms with Crippen LogP contribution in [0.3, 0.4) is 0 Å². The molecule has 3 atom stereocenters. The van der Waals surface area contributed by atoms with Gasteiger partial charge in [-0.15, -0.1) is 5.69 Å². The molecule has 4 aromatic rings. The zero-order valence-electron chi connectivity index (χ0n) is 26.2. The Morgan fingerprint density at radius 2 is 1.48 bits per heavy atom. The largest absolute Gasteiger partial charge is 1.00 e. The molecule has 0 aliphatic rings. The van der Waals surface area contributed by atoms with E-state index in [1.165, 1.54) is 36.2 Å². The van der Waals surface area contributed by atoms with E-state index < -0.39 is 47.2 Å². The summed E-state index contributed by atoms with van der Waals surface area (Å²) in [4.78, 5) is 12.1. The number of carboxylic acids is 1. The summed E-state index contributed by atoms with van der Waals surface area (Å²) < 4.78 is 46.5. The fourth-order valence-corrected chi connectivity index (χ4v) is 6.50. The van der Waals surface area contributed by atoms with Crippen molar-refractivity contribution < 1.29 is 92.2 Å². The van der Waals surface area contributed by atoms with Crippen LogP contribution in [-0.4, -0.2) is 37.2 Å². The summed E-state index contributed by atoms with van der Waals surface area (Å²) in [6, 6.07) is 18.7. The smallest absolute Gasteiger partial charge is 0.627 e. The van der Waals surface area contributed by atoms with E-state index in [4.69, 9.17) is 9.86 Å². The number of aliphatic carboxylic acids is 1. The zero-order valence-corrected chi connectivity index (χ0v) is 31.8. The van der Waals surface area contributed by atoms with Crippen molar-refractivity contribution in [2.45, 2.75) is 67.6 Å². The molecule has 1 heterocycles. The number of halogens is 2. The van der Waals surface area contributed by atoms with Crippen LogP contribution in [0.25, 0.3) is 27.1 Å². The monoisotopic (exact) mass is 687 g/mol. The molecule has 0 aliphatic heterocycles. The second-order valence-corrected chi connectivity index (χ2v) is 12.5. The van der Waals surface area contributed by atoms with E-state index in [1.807, 2.05) is 18.4 Å². The van der Waals surface area contributed by atoms with Gasteiger partial charge in [0.15, 0.2) is 0 Å². The van der Waals surface area contributed by atoms with Crippen molar-refractivity contribution in [2.75, 3.05) is 0 Å². The van der Waals surface area contributed by atoms with Gasteiger partial charge >= 0.3 is 59.1 Å². The number of carboxylic acid groups (broad SMARTS) is 1. The Hall–Kier alpha value is -1.55. The molecule has 4 N–H and O–H groups in total. The van der Waals surface area contributed by atoms with Crippen LogP contribution in [0.5, 0.6) is 0 Å². The van der Waals surface area contributed by atoms with Crippen LogP contribution in [0.1, 0.15) is 44.7 Å². The summed E-state index contributed by atoms with van der Waals surface area (Å²) in [7, 11) is -1.63. The molecule has 0 bridgehead atoms. The number of nitrogens with zero attached hydrogens (tertiary/aromatic N) is 2. The Balaban J connectivity index is 0.00000368. The third-order valence-electron chi connectivity index (χ3n) is 7.00. The van der Waals surface area contributed by atoms with Crippen molar-refractivity contribution in [1.82, 2.24) is 4.57 Å². The van der Waals surface area contributed by atoms with E-state index in [9.17, 15) is 33.1 Å². The Morgan fingerprint density at radius 3 is 1.98 bits per heavy atom. The first-order chi connectivity index (χ1) is 20.9. The van der Waals surface area contributed by atoms with Crippen molar-refractivity contribution in [3.63, 3.8) is 0 Å². The summed E-state index contributed by atoms with van der Waals surface area (Å²) in [6.45, 7) is 4.28. The van der Waals surface area contributed by atoms with Gasteiger partial charge in [-0.1, -0.05) is 38.1 Å². The van der Waals surface area contributed by atoms with Gasteiger partial charge in [0.25, 0.3) is 0 Å². The molecule has 0 spiro atoms. The third kappa shape index (κ3) is 10.7. The molecule has 3 aromatic carbocycles. The number of aromatic nitrogens is 1. The molecule has 0 saturated carbocycles. The fourth-order valence-electron chi connectivity index (χ4n) is 5.03. The molecule has 0 fully saturated rings. The molecule has 0 saturated heterocycles. The second kappa shape index (κ2) is 18.8. The molecule has 0 radical (unpaired) electrons. The average molecular weight is 688 g/mol. The van der Waals surface area contributed by atoms with Crippen molar-refractivity contribution in [3.8, 4) is 22.4 Å². The minimum Gasteiger partial charge on any atom is -0.627 e. The molecule has 8 nitrogen and oxygen atoms in total. The number of carbonyl (C=O) groups is 1. The van der Waals surface area contributed by atoms with Crippen molar-refractivity contribution in [1.29, 1.82) is 0 Å². The number of rotatable bonds is 14. The van der Waals surface area contributed by atoms with Gasteiger partial charge in [0.2, 0.25) is 0 Å². The first-order valence-electron chi connectivity index (χ1n) is 13.9. The first-order valence-corrected chi connectivity index (χ1v) is 15.9. The zero-order chi connectivity index (χ0) is 32.0. The number of aliphatic hydroxyl groups is 2. The number of hydrogen-bond acceptors (Lipinski definition) is 6. The Kier molecular flexibility index (Phi) is 16.6. The number of hydrogen-bond donors (Lipinski definition) is 3. The molecule has 1 aromatic heterocycles. The van der Waals surface area contributed by atoms with Crippen LogP contribution < -0.4 is 69.4 Å². The molecule has 3 unspecified atom stereocenters. The normalized spacial score (nSPS) is 13.0. The SMILES string of the molecule is CC(C)c1c(S[N-]c2ccc(S(N)=O)cc2)c(-c2ccc(F)cc2)c(-c2ccc(F)cc2)n1CCC(O)CC(O)CC(=O)[O-].[Na+].[Na+]. The van der Waals surface area contributed by atoms with Crippen molar-refractivity contribution in [2.24, 2.45) is 5.14 Å². The topological polar surface area (TPSA) is 143 Å². The quantitative estimate of drug-likeness (QED) is 0.121. The number of nitrogens with two attached hydrogens (primary N) is 1. The Labute approximate surface area is 318 Å². The number of benzene rings is 3. The number of aliphatic hydroxyl groups excluding tert-OH is 2. The summed E-state index contributed by atoms with van der Waals surface area (Å²) in [5, 5.41) is 37.1. The first kappa shape index (κ1) is 40.6. The van der Waals surface area contributed by atoms with E-state index >= 15 is 0 Å². The maximum atomic E-state index is 14.0. The van der Waals surface area contributed by atoms with Gasteiger partial charge in [0.1, 0.15) is 22.6 Å². The maximum Gasteiger partial charge on any atom is 1.00 e. The number of carbonyl (C=O) groups excluding carboxylic acids is 1. The van der Waals surface area contributed by atoms with E-state index in [0.29, 0.717) is 27.4 Å². The van der Waals surface area contributed by atoms with Crippen molar-refractivity contribution in [3.05, 3.63) is 94.8 Å². The van der Waals surface area contributed by atoms with Crippen LogP contribution in [0.15, 0.2) is 82.6 Å². The van der Waals surface area contributed by atoms with E-state index in [0.717, 1.165) is 16.2 Å². The van der Waals surface area contributed by atoms with Gasteiger partial charge in [0.05, 0.1) is 22.8 Å². The van der Waals surface area contributed by atoms with E-state index in [-0.39, 0.29) is 84.4 Å². The van der Waals surface area contributed by atoms with Gasteiger partial charge in [-0.3, -0.25) is 0 Å². The molecule has 46 heavy (non-hydrogen) atoms. The fraction of sp³-hybridized carbons (Fsp3) is 0.281. The average Bonchev–Trinajstić information content (AvgIpc) is 3.29. The molecule has 14 heteroatoms. The Bertz CT molecular complexity index is 1610. The maximum absolute atomic E-state index is 14.0. The van der Waals surface area contributed by atoms with Crippen LogP contribution in [0, 0.1) is 11.6 Å². The molecular weight excluding hydrogens is 654 g/mol. The van der Waals surface area contributed by atoms with E-state index in [1.54, 1.807) is 48.5 Å². The predicted octanol–water partition coefficient (Wildman–Crippen LogP) is -0.432. The van der Waals surface area contributed by atoms with Crippen LogP contribution in [0.2, 0.25) is 0 Å². The van der Waals surface area contributed by atoms with Gasteiger partial charge in [-0.05, 0) is 78.4 Å². The van der Waals surface area contributed by atoms with Crippen molar-refractivity contribution >= 4 is 34.6 Å². The van der Waals surface area contributed by atoms with Gasteiger partial charge < -0.3 is 29.4 Å². The predicted molar refractivity (Wildman–Crippen MR) is 166 cm³/mol.